The number of nitrogens with zero attached hydrogens (tertiary/aromatic N) is 4. The molecule has 3 aromatic rings. The molecule has 1 saturated heterocycles. The maximum atomic E-state index is 12.9. The molecule has 0 aliphatic carbocycles. The summed E-state index contributed by atoms with van der Waals surface area (Å²) in [4.78, 5) is 14.8. The number of rotatable bonds is 8. The van der Waals surface area contributed by atoms with Crippen LogP contribution in [0, 0.1) is 6.92 Å². The first-order valence-corrected chi connectivity index (χ1v) is 12.1. The van der Waals surface area contributed by atoms with Crippen LogP contribution in [0.15, 0.2) is 47.6 Å². The Bertz CT molecular complexity index is 1110. The average molecular weight is 487 g/mol. The molecule has 9 heteroatoms. The Labute approximate surface area is 203 Å². The molecule has 174 valence electrons. The van der Waals surface area contributed by atoms with Crippen molar-refractivity contribution in [3.63, 3.8) is 0 Å². The van der Waals surface area contributed by atoms with Crippen LogP contribution in [-0.2, 0) is 11.4 Å². The minimum atomic E-state index is -0.276. The molecule has 2 aromatic carbocycles. The fourth-order valence-corrected chi connectivity index (χ4v) is 4.82. The van der Waals surface area contributed by atoms with Gasteiger partial charge in [-0.05, 0) is 68.7 Å². The van der Waals surface area contributed by atoms with E-state index in [4.69, 9.17) is 21.1 Å². The van der Waals surface area contributed by atoms with Crippen molar-refractivity contribution in [2.24, 2.45) is 0 Å². The minimum absolute atomic E-state index is 0.130. The van der Waals surface area contributed by atoms with E-state index in [1.165, 1.54) is 11.8 Å². The van der Waals surface area contributed by atoms with Crippen LogP contribution in [0.1, 0.15) is 31.2 Å². The molecule has 33 heavy (non-hydrogen) atoms. The van der Waals surface area contributed by atoms with Crippen LogP contribution in [0.3, 0.4) is 0 Å². The van der Waals surface area contributed by atoms with Gasteiger partial charge in [0.15, 0.2) is 11.0 Å². The monoisotopic (exact) mass is 486 g/mol. The van der Waals surface area contributed by atoms with Gasteiger partial charge in [0.2, 0.25) is 5.91 Å². The van der Waals surface area contributed by atoms with Crippen LogP contribution >= 0.6 is 23.4 Å². The van der Waals surface area contributed by atoms with Crippen LogP contribution in [-0.4, -0.2) is 51.0 Å². The summed E-state index contributed by atoms with van der Waals surface area (Å²) in [5.41, 5.74) is 1.81. The molecule has 7 nitrogen and oxygen atoms in total. The number of halogens is 1. The maximum Gasteiger partial charge on any atom is 0.235 e. The SMILES string of the molecule is COc1ccc(OCc2nnc(SC(C)C(=O)N3CCCC3)n2-c2ccc(C)c(Cl)c2)cc1. The highest BCUT2D eigenvalue weighted by atomic mass is 35.5. The minimum Gasteiger partial charge on any atom is -0.497 e. The van der Waals surface area contributed by atoms with Crippen molar-refractivity contribution in [3.8, 4) is 17.2 Å². The molecule has 1 aliphatic heterocycles. The fourth-order valence-electron chi connectivity index (χ4n) is 3.67. The number of methoxy groups -OCH3 is 1. The first-order chi connectivity index (χ1) is 16.0. The Morgan fingerprint density at radius 3 is 2.48 bits per heavy atom. The van der Waals surface area contributed by atoms with Crippen molar-refractivity contribution in [1.82, 2.24) is 19.7 Å². The van der Waals surface area contributed by atoms with Crippen LogP contribution < -0.4 is 9.47 Å². The highest BCUT2D eigenvalue weighted by Gasteiger charge is 2.26. The van der Waals surface area contributed by atoms with E-state index >= 15 is 0 Å². The number of thioether (sulfide) groups is 1. The van der Waals surface area contributed by atoms with Crippen molar-refractivity contribution in [2.45, 2.75) is 43.7 Å². The van der Waals surface area contributed by atoms with E-state index in [9.17, 15) is 4.79 Å². The predicted octanol–water partition coefficient (Wildman–Crippen LogP) is 4.92. The Hall–Kier alpha value is -2.71. The second-order valence-corrected chi connectivity index (χ2v) is 9.64. The maximum absolute atomic E-state index is 12.9. The zero-order valence-electron chi connectivity index (χ0n) is 19.0. The van der Waals surface area contributed by atoms with Crippen LogP contribution in [0.5, 0.6) is 11.5 Å². The first kappa shape index (κ1) is 23.4. The number of amides is 1. The molecule has 0 radical (unpaired) electrons. The second kappa shape index (κ2) is 10.5. The van der Waals surface area contributed by atoms with E-state index in [2.05, 4.69) is 10.2 Å². The van der Waals surface area contributed by atoms with E-state index < -0.39 is 0 Å². The lowest BCUT2D eigenvalue weighted by molar-refractivity contribution is -0.129. The quantitative estimate of drug-likeness (QED) is 0.421. The van der Waals surface area contributed by atoms with E-state index in [1.54, 1.807) is 7.11 Å². The van der Waals surface area contributed by atoms with E-state index in [0.717, 1.165) is 42.9 Å². The molecule has 1 fully saturated rings. The molecule has 4 rings (SSSR count). The van der Waals surface area contributed by atoms with Gasteiger partial charge in [0.1, 0.15) is 18.1 Å². The zero-order chi connectivity index (χ0) is 23.4. The highest BCUT2D eigenvalue weighted by molar-refractivity contribution is 8.00. The molecule has 2 heterocycles. The lowest BCUT2D eigenvalue weighted by atomic mass is 10.2. The number of hydrogen-bond donors (Lipinski definition) is 0. The molecular weight excluding hydrogens is 460 g/mol. The number of aryl methyl sites for hydroxylation is 1. The van der Waals surface area contributed by atoms with E-state index in [1.807, 2.05) is 65.8 Å². The Balaban J connectivity index is 1.59. The summed E-state index contributed by atoms with van der Waals surface area (Å²) in [6.45, 7) is 5.73. The number of benzene rings is 2. The summed E-state index contributed by atoms with van der Waals surface area (Å²) in [6.07, 6.45) is 2.13. The number of hydrogen-bond acceptors (Lipinski definition) is 6. The molecule has 1 unspecified atom stereocenters. The van der Waals surface area contributed by atoms with Gasteiger partial charge in [-0.3, -0.25) is 9.36 Å². The topological polar surface area (TPSA) is 69.5 Å². The summed E-state index contributed by atoms with van der Waals surface area (Å²) in [7, 11) is 1.62. The average Bonchev–Trinajstić information content (AvgIpc) is 3.50. The molecule has 0 N–H and O–H groups in total. The van der Waals surface area contributed by atoms with Crippen molar-refractivity contribution >= 4 is 29.3 Å². The third-order valence-corrected chi connectivity index (χ3v) is 7.03. The molecule has 0 saturated carbocycles. The summed E-state index contributed by atoms with van der Waals surface area (Å²) in [5, 5.41) is 9.78. The normalized spacial score (nSPS) is 14.4. The molecule has 0 bridgehead atoms. The van der Waals surface area contributed by atoms with Gasteiger partial charge in [-0.25, -0.2) is 0 Å². The van der Waals surface area contributed by atoms with Gasteiger partial charge >= 0.3 is 0 Å². The first-order valence-electron chi connectivity index (χ1n) is 10.9. The highest BCUT2D eigenvalue weighted by Crippen LogP contribution is 2.30. The molecular formula is C24H27ClN4O3S. The number of aromatic nitrogens is 3. The summed E-state index contributed by atoms with van der Waals surface area (Å²) in [5.74, 6) is 2.20. The number of carbonyl (C=O) groups is 1. The molecule has 1 atom stereocenters. The molecule has 1 aromatic heterocycles. The summed E-state index contributed by atoms with van der Waals surface area (Å²) in [6, 6.07) is 13.2. The predicted molar refractivity (Wildman–Crippen MR) is 130 cm³/mol. The van der Waals surface area contributed by atoms with Gasteiger partial charge in [-0.15, -0.1) is 10.2 Å². The van der Waals surface area contributed by atoms with Crippen LogP contribution in [0.25, 0.3) is 5.69 Å². The van der Waals surface area contributed by atoms with Crippen molar-refractivity contribution < 1.29 is 14.3 Å². The number of carbonyl (C=O) groups excluding carboxylic acids is 1. The Morgan fingerprint density at radius 1 is 1.12 bits per heavy atom. The summed E-state index contributed by atoms with van der Waals surface area (Å²) < 4.78 is 13.1. The van der Waals surface area contributed by atoms with E-state index in [-0.39, 0.29) is 17.8 Å². The molecule has 1 amide bonds. The smallest absolute Gasteiger partial charge is 0.235 e. The van der Waals surface area contributed by atoms with Gasteiger partial charge in [0.05, 0.1) is 18.0 Å². The van der Waals surface area contributed by atoms with Gasteiger partial charge < -0.3 is 14.4 Å². The van der Waals surface area contributed by atoms with Gasteiger partial charge in [0, 0.05) is 18.1 Å². The Morgan fingerprint density at radius 2 is 1.82 bits per heavy atom. The van der Waals surface area contributed by atoms with Crippen molar-refractivity contribution in [1.29, 1.82) is 0 Å². The summed E-state index contributed by atoms with van der Waals surface area (Å²) >= 11 is 7.81. The van der Waals surface area contributed by atoms with E-state index in [0.29, 0.717) is 21.8 Å². The standard InChI is InChI=1S/C24H27ClN4O3S/c1-16-6-7-18(14-21(16)25)29-22(15-32-20-10-8-19(31-3)9-11-20)26-27-24(29)33-17(2)23(30)28-12-4-5-13-28/h6-11,14,17H,4-5,12-13,15H2,1-3H3. The van der Waals surface area contributed by atoms with Crippen molar-refractivity contribution in [3.05, 3.63) is 58.9 Å². The number of likely N-dealkylation sites (tertiary alicyclic amines) is 1. The van der Waals surface area contributed by atoms with Gasteiger partial charge in [-0.2, -0.15) is 0 Å². The fraction of sp³-hybridized carbons (Fsp3) is 0.375. The third kappa shape index (κ3) is 5.45. The van der Waals surface area contributed by atoms with Crippen molar-refractivity contribution in [2.75, 3.05) is 20.2 Å². The van der Waals surface area contributed by atoms with Gasteiger partial charge in [-0.1, -0.05) is 29.4 Å². The lowest BCUT2D eigenvalue weighted by Crippen LogP contribution is -2.34. The molecule has 1 aliphatic rings. The second-order valence-electron chi connectivity index (χ2n) is 7.92. The lowest BCUT2D eigenvalue weighted by Gasteiger charge is -2.20. The largest absolute Gasteiger partial charge is 0.497 e. The number of ether oxygens (including phenoxy) is 2. The Kier molecular flexibility index (Phi) is 7.45. The zero-order valence-corrected chi connectivity index (χ0v) is 20.5. The van der Waals surface area contributed by atoms with Crippen LogP contribution in [0.4, 0.5) is 0 Å². The van der Waals surface area contributed by atoms with Gasteiger partial charge in [0.25, 0.3) is 0 Å². The molecule has 0 spiro atoms. The van der Waals surface area contributed by atoms with Crippen LogP contribution in [0.2, 0.25) is 5.02 Å². The third-order valence-electron chi connectivity index (χ3n) is 5.59.